The van der Waals surface area contributed by atoms with Crippen LogP contribution in [0.2, 0.25) is 5.02 Å². The van der Waals surface area contributed by atoms with Crippen LogP contribution in [0.5, 0.6) is 11.2 Å². The van der Waals surface area contributed by atoms with Crippen LogP contribution in [-0.4, -0.2) is 16.5 Å². The molecule has 0 saturated carbocycles. The van der Waals surface area contributed by atoms with Gasteiger partial charge in [0.2, 0.25) is 0 Å². The van der Waals surface area contributed by atoms with Crippen LogP contribution in [0.1, 0.15) is 5.56 Å². The minimum absolute atomic E-state index is 0.330. The summed E-state index contributed by atoms with van der Waals surface area (Å²) in [4.78, 5) is 4.00. The third kappa shape index (κ3) is 2.84. The third-order valence-corrected chi connectivity index (χ3v) is 2.71. The fourth-order valence-electron chi connectivity index (χ4n) is 1.06. The van der Waals surface area contributed by atoms with E-state index in [-0.39, 0.29) is 0 Å². The maximum absolute atomic E-state index is 5.77. The summed E-state index contributed by atoms with van der Waals surface area (Å²) in [5.41, 5.74) is 1.03. The largest absolute Gasteiger partial charge is 0.466 e. The Labute approximate surface area is 102 Å². The van der Waals surface area contributed by atoms with E-state index in [1.54, 1.807) is 0 Å². The van der Waals surface area contributed by atoms with E-state index in [9.17, 15) is 0 Å². The van der Waals surface area contributed by atoms with Gasteiger partial charge in [-0.15, -0.1) is 9.36 Å². The molecule has 0 aliphatic carbocycles. The summed E-state index contributed by atoms with van der Waals surface area (Å²) in [6, 6.07) is 7.78. The van der Waals surface area contributed by atoms with Gasteiger partial charge in [0.15, 0.2) is 0 Å². The number of nitrogens with zero attached hydrogens (tertiary/aromatic N) is 2. The van der Waals surface area contributed by atoms with Gasteiger partial charge in [0.05, 0.1) is 7.11 Å². The van der Waals surface area contributed by atoms with E-state index in [0.717, 1.165) is 17.1 Å². The second-order valence-corrected chi connectivity index (χ2v) is 4.11. The lowest BCUT2D eigenvalue weighted by atomic mass is 10.2. The lowest BCUT2D eigenvalue weighted by Gasteiger charge is -2.01. The number of halogens is 1. The minimum atomic E-state index is 0.330. The smallest absolute Gasteiger partial charge is 0.331 e. The third-order valence-electron chi connectivity index (χ3n) is 1.85. The van der Waals surface area contributed by atoms with Gasteiger partial charge in [-0.3, -0.25) is 0 Å². The van der Waals surface area contributed by atoms with Crippen molar-refractivity contribution in [2.24, 2.45) is 0 Å². The molecule has 84 valence electrons. The van der Waals surface area contributed by atoms with Gasteiger partial charge in [-0.1, -0.05) is 23.7 Å². The molecule has 0 aliphatic rings. The highest BCUT2D eigenvalue weighted by Crippen LogP contribution is 2.19. The van der Waals surface area contributed by atoms with Gasteiger partial charge in [-0.25, -0.2) is 0 Å². The Kier molecular flexibility index (Phi) is 3.58. The van der Waals surface area contributed by atoms with Crippen LogP contribution in [0.4, 0.5) is 0 Å². The molecule has 0 atom stereocenters. The molecule has 2 aromatic rings. The average Bonchev–Trinajstić information content (AvgIpc) is 2.76. The van der Waals surface area contributed by atoms with Gasteiger partial charge in [0, 0.05) is 16.6 Å². The quantitative estimate of drug-likeness (QED) is 0.844. The van der Waals surface area contributed by atoms with E-state index < -0.39 is 0 Å². The SMILES string of the molecule is COc1nsc(OCc2ccc(Cl)cc2)n1. The molecule has 0 spiro atoms. The molecule has 0 amide bonds. The van der Waals surface area contributed by atoms with E-state index >= 15 is 0 Å². The highest BCUT2D eigenvalue weighted by molar-refractivity contribution is 7.07. The van der Waals surface area contributed by atoms with Gasteiger partial charge in [-0.2, -0.15) is 0 Å². The van der Waals surface area contributed by atoms with Crippen LogP contribution in [0.3, 0.4) is 0 Å². The molecule has 4 nitrogen and oxygen atoms in total. The monoisotopic (exact) mass is 256 g/mol. The van der Waals surface area contributed by atoms with Crippen molar-refractivity contribution < 1.29 is 9.47 Å². The molecule has 0 unspecified atom stereocenters. The summed E-state index contributed by atoms with van der Waals surface area (Å²) in [5, 5.41) is 1.20. The van der Waals surface area contributed by atoms with Crippen molar-refractivity contribution in [2.75, 3.05) is 7.11 Å². The van der Waals surface area contributed by atoms with E-state index in [1.807, 2.05) is 24.3 Å². The number of ether oxygens (including phenoxy) is 2. The number of benzene rings is 1. The summed E-state index contributed by atoms with van der Waals surface area (Å²) < 4.78 is 14.2. The molecule has 1 aromatic carbocycles. The predicted molar refractivity (Wildman–Crippen MR) is 62.2 cm³/mol. The maximum Gasteiger partial charge on any atom is 0.331 e. The number of hydrogen-bond acceptors (Lipinski definition) is 5. The number of aromatic nitrogens is 2. The molecule has 6 heteroatoms. The molecule has 0 fully saturated rings. The summed E-state index contributed by atoms with van der Waals surface area (Å²) in [7, 11) is 1.52. The summed E-state index contributed by atoms with van der Waals surface area (Å²) in [6.07, 6.45) is 0. The van der Waals surface area contributed by atoms with Gasteiger partial charge < -0.3 is 9.47 Å². The Hall–Kier alpha value is -1.33. The van der Waals surface area contributed by atoms with E-state index in [4.69, 9.17) is 21.1 Å². The Morgan fingerprint density at radius 1 is 1.31 bits per heavy atom. The molecule has 1 heterocycles. The van der Waals surface area contributed by atoms with Crippen molar-refractivity contribution in [2.45, 2.75) is 6.61 Å². The highest BCUT2D eigenvalue weighted by Gasteiger charge is 2.04. The lowest BCUT2D eigenvalue weighted by Crippen LogP contribution is -1.94. The van der Waals surface area contributed by atoms with E-state index in [2.05, 4.69) is 9.36 Å². The van der Waals surface area contributed by atoms with Crippen molar-refractivity contribution in [3.63, 3.8) is 0 Å². The van der Waals surface area contributed by atoms with Crippen LogP contribution in [0.25, 0.3) is 0 Å². The van der Waals surface area contributed by atoms with Crippen molar-refractivity contribution in [1.29, 1.82) is 0 Å². The predicted octanol–water partition coefficient (Wildman–Crippen LogP) is 2.78. The van der Waals surface area contributed by atoms with Crippen LogP contribution in [0.15, 0.2) is 24.3 Å². The van der Waals surface area contributed by atoms with Crippen LogP contribution < -0.4 is 9.47 Å². The number of rotatable bonds is 4. The molecule has 1 aromatic heterocycles. The summed E-state index contributed by atoms with van der Waals surface area (Å²) >= 11 is 6.94. The Bertz CT molecular complexity index is 458. The van der Waals surface area contributed by atoms with Crippen molar-refractivity contribution in [1.82, 2.24) is 9.36 Å². The molecular weight excluding hydrogens is 248 g/mol. The fourth-order valence-corrected chi connectivity index (χ4v) is 1.69. The number of methoxy groups -OCH3 is 1. The first kappa shape index (κ1) is 11.2. The maximum atomic E-state index is 5.77. The molecule has 16 heavy (non-hydrogen) atoms. The first-order chi connectivity index (χ1) is 7.78. The first-order valence-corrected chi connectivity index (χ1v) is 5.68. The van der Waals surface area contributed by atoms with Crippen molar-refractivity contribution >= 4 is 23.1 Å². The number of hydrogen-bond donors (Lipinski definition) is 0. The zero-order chi connectivity index (χ0) is 11.4. The second-order valence-electron chi connectivity index (χ2n) is 2.96. The molecule has 0 saturated heterocycles. The average molecular weight is 257 g/mol. The molecule has 0 bridgehead atoms. The molecule has 2 rings (SSSR count). The Balaban J connectivity index is 1.94. The Morgan fingerprint density at radius 3 is 2.69 bits per heavy atom. The van der Waals surface area contributed by atoms with E-state index in [0.29, 0.717) is 22.8 Å². The standard InChI is InChI=1S/C10H9ClN2O2S/c1-14-9-12-10(16-13-9)15-6-7-2-4-8(11)5-3-7/h2-5H,6H2,1H3. The molecular formula is C10H9ClN2O2S. The molecule has 0 N–H and O–H groups in total. The minimum Gasteiger partial charge on any atom is -0.466 e. The van der Waals surface area contributed by atoms with Gasteiger partial charge in [-0.05, 0) is 17.7 Å². The van der Waals surface area contributed by atoms with Gasteiger partial charge >= 0.3 is 6.01 Å². The van der Waals surface area contributed by atoms with Crippen LogP contribution >= 0.6 is 23.1 Å². The zero-order valence-corrected chi connectivity index (χ0v) is 10.1. The van der Waals surface area contributed by atoms with Crippen LogP contribution in [0, 0.1) is 0 Å². The Morgan fingerprint density at radius 2 is 2.06 bits per heavy atom. The second kappa shape index (κ2) is 5.14. The first-order valence-electron chi connectivity index (χ1n) is 4.53. The van der Waals surface area contributed by atoms with Crippen molar-refractivity contribution in [3.05, 3.63) is 34.9 Å². The van der Waals surface area contributed by atoms with Gasteiger partial charge in [0.25, 0.3) is 5.19 Å². The fraction of sp³-hybridized carbons (Fsp3) is 0.200. The topological polar surface area (TPSA) is 44.2 Å². The van der Waals surface area contributed by atoms with Crippen molar-refractivity contribution in [3.8, 4) is 11.2 Å². The van der Waals surface area contributed by atoms with Crippen LogP contribution in [-0.2, 0) is 6.61 Å². The lowest BCUT2D eigenvalue weighted by molar-refractivity contribution is 0.298. The molecule has 0 radical (unpaired) electrons. The summed E-state index contributed by atoms with van der Waals surface area (Å²) in [5.74, 6) is 0. The highest BCUT2D eigenvalue weighted by atomic mass is 35.5. The van der Waals surface area contributed by atoms with E-state index in [1.165, 1.54) is 7.11 Å². The normalized spacial score (nSPS) is 10.1. The van der Waals surface area contributed by atoms with Gasteiger partial charge in [0.1, 0.15) is 6.61 Å². The molecule has 0 aliphatic heterocycles. The summed E-state index contributed by atoms with van der Waals surface area (Å²) in [6.45, 7) is 0.440. The zero-order valence-electron chi connectivity index (χ0n) is 8.51.